The van der Waals surface area contributed by atoms with E-state index in [0.29, 0.717) is 23.6 Å². The number of aromatic nitrogens is 2. The molecule has 1 atom stereocenters. The zero-order valence-electron chi connectivity index (χ0n) is 14.5. The highest BCUT2D eigenvalue weighted by atomic mass is 16.7. The highest BCUT2D eigenvalue weighted by Crippen LogP contribution is 2.35. The van der Waals surface area contributed by atoms with Crippen molar-refractivity contribution in [1.82, 2.24) is 9.97 Å². The van der Waals surface area contributed by atoms with Crippen molar-refractivity contribution < 1.29 is 14.3 Å². The lowest BCUT2D eigenvalue weighted by Gasteiger charge is -2.17. The van der Waals surface area contributed by atoms with Crippen molar-refractivity contribution in [2.75, 3.05) is 17.4 Å². The average molecular weight is 373 g/mol. The van der Waals surface area contributed by atoms with Gasteiger partial charge in [-0.2, -0.15) is 4.98 Å². The van der Waals surface area contributed by atoms with Crippen LogP contribution in [0.2, 0.25) is 0 Å². The topological polar surface area (TPSA) is 181 Å². The van der Waals surface area contributed by atoms with Crippen LogP contribution in [0.5, 0.6) is 11.5 Å². The van der Waals surface area contributed by atoms with Crippen molar-refractivity contribution >= 4 is 29.2 Å². The normalized spacial score (nSPS) is 13.1. The standard InChI is InChI=1S/C16H19N7O4/c1-2-8(12(17)18)21-16-22-14(11(13(19)24)15(25)23-16)20-7-3-4-9-10(5-7)27-6-26-9/h3-5,8H,2,6H2,1H3,(H3,17,18)(H2,19,24)(H3,20,21,22,23,25). The number of ether oxygens (including phenoxy) is 2. The van der Waals surface area contributed by atoms with E-state index < -0.39 is 17.5 Å². The lowest BCUT2D eigenvalue weighted by atomic mass is 10.2. The Bertz CT molecular complexity index is 956. The molecule has 0 saturated heterocycles. The number of nitrogens with one attached hydrogen (secondary N) is 4. The number of H-pyrrole nitrogens is 1. The second-order valence-electron chi connectivity index (χ2n) is 5.76. The SMILES string of the molecule is CCC(Nc1nc(Nc2ccc3c(c2)OCO3)c(C(N)=O)c(=O)[nH]1)C(=N)N. The molecule has 1 amide bonds. The van der Waals surface area contributed by atoms with Gasteiger partial charge in [0, 0.05) is 11.8 Å². The van der Waals surface area contributed by atoms with Crippen molar-refractivity contribution in [3.05, 3.63) is 34.1 Å². The monoisotopic (exact) mass is 373 g/mol. The minimum atomic E-state index is -0.933. The molecule has 142 valence electrons. The van der Waals surface area contributed by atoms with Gasteiger partial charge in [-0.25, -0.2) is 0 Å². The van der Waals surface area contributed by atoms with Gasteiger partial charge in [-0.15, -0.1) is 0 Å². The minimum Gasteiger partial charge on any atom is -0.454 e. The minimum absolute atomic E-state index is 0.0361. The van der Waals surface area contributed by atoms with Crippen molar-refractivity contribution in [3.63, 3.8) is 0 Å². The molecule has 1 unspecified atom stereocenters. The number of nitrogens with zero attached hydrogens (tertiary/aromatic N) is 1. The first kappa shape index (κ1) is 18.0. The Hall–Kier alpha value is -3.76. The molecule has 3 rings (SSSR count). The van der Waals surface area contributed by atoms with Crippen LogP contribution in [0.3, 0.4) is 0 Å². The number of anilines is 3. The Kier molecular flexibility index (Phi) is 4.83. The number of nitrogens with two attached hydrogens (primary N) is 2. The largest absolute Gasteiger partial charge is 0.454 e. The van der Waals surface area contributed by atoms with Gasteiger partial charge in [-0.3, -0.25) is 20.0 Å². The Morgan fingerprint density at radius 2 is 2.11 bits per heavy atom. The summed E-state index contributed by atoms with van der Waals surface area (Å²) in [6, 6.07) is 4.49. The number of aromatic amines is 1. The number of amides is 1. The third-order valence-corrected chi connectivity index (χ3v) is 3.90. The zero-order valence-corrected chi connectivity index (χ0v) is 14.5. The van der Waals surface area contributed by atoms with E-state index in [2.05, 4.69) is 20.6 Å². The lowest BCUT2D eigenvalue weighted by Crippen LogP contribution is -2.36. The van der Waals surface area contributed by atoms with Gasteiger partial charge < -0.3 is 31.6 Å². The summed E-state index contributed by atoms with van der Waals surface area (Å²) in [4.78, 5) is 30.7. The van der Waals surface area contributed by atoms with Gasteiger partial charge in [-0.05, 0) is 18.6 Å². The third kappa shape index (κ3) is 3.76. The molecule has 0 fully saturated rings. The number of rotatable bonds is 7. The molecule has 1 aliphatic heterocycles. The van der Waals surface area contributed by atoms with Crippen LogP contribution in [0.25, 0.3) is 0 Å². The first-order valence-electron chi connectivity index (χ1n) is 8.10. The van der Waals surface area contributed by atoms with E-state index in [0.717, 1.165) is 0 Å². The van der Waals surface area contributed by atoms with Gasteiger partial charge in [0.1, 0.15) is 11.4 Å². The van der Waals surface area contributed by atoms with E-state index >= 15 is 0 Å². The third-order valence-electron chi connectivity index (χ3n) is 3.90. The highest BCUT2D eigenvalue weighted by molar-refractivity contribution is 5.98. The summed E-state index contributed by atoms with van der Waals surface area (Å²) < 4.78 is 10.5. The molecule has 1 aliphatic rings. The molecule has 0 radical (unpaired) electrons. The lowest BCUT2D eigenvalue weighted by molar-refractivity contribution is 0.0999. The second kappa shape index (κ2) is 7.23. The van der Waals surface area contributed by atoms with E-state index in [4.69, 9.17) is 26.4 Å². The molecular weight excluding hydrogens is 354 g/mol. The molecular formula is C16H19N7O4. The fourth-order valence-electron chi connectivity index (χ4n) is 2.54. The van der Waals surface area contributed by atoms with Crippen LogP contribution in [-0.4, -0.2) is 34.5 Å². The fourth-order valence-corrected chi connectivity index (χ4v) is 2.54. The fraction of sp³-hybridized carbons (Fsp3) is 0.250. The van der Waals surface area contributed by atoms with Crippen LogP contribution in [0.15, 0.2) is 23.0 Å². The second-order valence-corrected chi connectivity index (χ2v) is 5.76. The van der Waals surface area contributed by atoms with Crippen molar-refractivity contribution in [1.29, 1.82) is 5.41 Å². The molecule has 11 heteroatoms. The molecule has 1 aromatic carbocycles. The predicted molar refractivity (Wildman–Crippen MR) is 98.8 cm³/mol. The van der Waals surface area contributed by atoms with Crippen molar-refractivity contribution in [2.24, 2.45) is 11.5 Å². The zero-order chi connectivity index (χ0) is 19.6. The molecule has 11 nitrogen and oxygen atoms in total. The van der Waals surface area contributed by atoms with E-state index in [1.807, 2.05) is 6.92 Å². The maximum absolute atomic E-state index is 12.3. The van der Waals surface area contributed by atoms with Gasteiger partial charge in [-0.1, -0.05) is 6.92 Å². The van der Waals surface area contributed by atoms with E-state index in [1.54, 1.807) is 18.2 Å². The summed E-state index contributed by atoms with van der Waals surface area (Å²) in [6.07, 6.45) is 0.502. The number of amidine groups is 1. The number of carbonyl (C=O) groups is 1. The van der Waals surface area contributed by atoms with Gasteiger partial charge in [0.25, 0.3) is 11.5 Å². The first-order valence-corrected chi connectivity index (χ1v) is 8.10. The van der Waals surface area contributed by atoms with E-state index in [1.165, 1.54) is 0 Å². The summed E-state index contributed by atoms with van der Waals surface area (Å²) in [7, 11) is 0. The highest BCUT2D eigenvalue weighted by Gasteiger charge is 2.20. The molecule has 2 heterocycles. The summed E-state index contributed by atoms with van der Waals surface area (Å²) in [5.41, 5.74) is 10.3. The molecule has 0 aliphatic carbocycles. The number of primary amides is 1. The maximum Gasteiger partial charge on any atom is 0.267 e. The van der Waals surface area contributed by atoms with Crippen LogP contribution in [0, 0.1) is 5.41 Å². The quantitative estimate of drug-likeness (QED) is 0.299. The average Bonchev–Trinajstić information content (AvgIpc) is 3.06. The molecule has 27 heavy (non-hydrogen) atoms. The molecule has 0 saturated carbocycles. The number of carbonyl (C=O) groups excluding carboxylic acids is 1. The van der Waals surface area contributed by atoms with Crippen LogP contribution >= 0.6 is 0 Å². The van der Waals surface area contributed by atoms with Gasteiger partial charge in [0.05, 0.1) is 6.04 Å². The Morgan fingerprint density at radius 1 is 1.37 bits per heavy atom. The summed E-state index contributed by atoms with van der Waals surface area (Å²) in [5.74, 6) is 0.0819. The van der Waals surface area contributed by atoms with Gasteiger partial charge >= 0.3 is 0 Å². The van der Waals surface area contributed by atoms with E-state index in [9.17, 15) is 9.59 Å². The van der Waals surface area contributed by atoms with Gasteiger partial charge in [0.15, 0.2) is 17.3 Å². The molecule has 8 N–H and O–H groups in total. The number of benzene rings is 1. The number of hydrogen-bond donors (Lipinski definition) is 6. The summed E-state index contributed by atoms with van der Waals surface area (Å²) >= 11 is 0. The maximum atomic E-state index is 12.3. The summed E-state index contributed by atoms with van der Waals surface area (Å²) in [6.45, 7) is 1.94. The number of fused-ring (bicyclic) bond motifs is 1. The van der Waals surface area contributed by atoms with Crippen LogP contribution in [0.1, 0.15) is 23.7 Å². The van der Waals surface area contributed by atoms with Crippen LogP contribution in [0.4, 0.5) is 17.5 Å². The van der Waals surface area contributed by atoms with E-state index in [-0.39, 0.29) is 30.0 Å². The number of hydrogen-bond acceptors (Lipinski definition) is 8. The Labute approximate surface area is 153 Å². The molecule has 2 aromatic rings. The van der Waals surface area contributed by atoms with Gasteiger partial charge in [0.2, 0.25) is 12.7 Å². The van der Waals surface area contributed by atoms with Crippen LogP contribution < -0.4 is 37.1 Å². The Morgan fingerprint density at radius 3 is 2.78 bits per heavy atom. The summed E-state index contributed by atoms with van der Waals surface area (Å²) in [5, 5.41) is 13.3. The predicted octanol–water partition coefficient (Wildman–Crippen LogP) is 0.468. The first-order chi connectivity index (χ1) is 12.9. The molecule has 0 bridgehead atoms. The Balaban J connectivity index is 1.97. The molecule has 0 spiro atoms. The van der Waals surface area contributed by atoms with Crippen molar-refractivity contribution in [3.8, 4) is 11.5 Å². The van der Waals surface area contributed by atoms with Crippen LogP contribution in [-0.2, 0) is 0 Å². The smallest absolute Gasteiger partial charge is 0.267 e. The van der Waals surface area contributed by atoms with Crippen molar-refractivity contribution in [2.45, 2.75) is 19.4 Å². The molecule has 1 aromatic heterocycles.